The second kappa shape index (κ2) is 6.55. The van der Waals surface area contributed by atoms with E-state index in [9.17, 15) is 0 Å². The first-order valence-electron chi connectivity index (χ1n) is 6.85. The molecule has 0 aromatic rings. The highest BCUT2D eigenvalue weighted by Gasteiger charge is 2.25. The highest BCUT2D eigenvalue weighted by atomic mass is 14.3. The Bertz CT molecular complexity index is 157. The minimum absolute atomic E-state index is 0.524. The second-order valence-electron chi connectivity index (χ2n) is 6.20. The van der Waals surface area contributed by atoms with E-state index in [4.69, 9.17) is 0 Å². The van der Waals surface area contributed by atoms with Crippen molar-refractivity contribution in [3.8, 4) is 0 Å². The lowest BCUT2D eigenvalue weighted by Crippen LogP contribution is -2.22. The van der Waals surface area contributed by atoms with E-state index in [2.05, 4.69) is 48.5 Å². The van der Waals surface area contributed by atoms with Crippen LogP contribution in [0.4, 0.5) is 0 Å². The van der Waals surface area contributed by atoms with Crippen molar-refractivity contribution in [3.63, 3.8) is 0 Å². The van der Waals surface area contributed by atoms with Crippen molar-refractivity contribution in [3.05, 3.63) is 0 Å². The maximum atomic E-state index is 2.44. The predicted octanol–water partition coefficient (Wildman–Crippen LogP) is 5.52. The van der Waals surface area contributed by atoms with Crippen LogP contribution >= 0.6 is 0 Å². The Hall–Kier alpha value is 0. The van der Waals surface area contributed by atoms with E-state index in [1.54, 1.807) is 0 Å². The largest absolute Gasteiger partial charge is 0.0651 e. The molecule has 0 N–H and O–H groups in total. The summed E-state index contributed by atoms with van der Waals surface area (Å²) in [4.78, 5) is 0. The van der Waals surface area contributed by atoms with Crippen LogP contribution in [0.3, 0.4) is 0 Å². The quantitative estimate of drug-likeness (QED) is 0.521. The molecule has 15 heavy (non-hydrogen) atoms. The summed E-state index contributed by atoms with van der Waals surface area (Å²) in [6, 6.07) is 0. The van der Waals surface area contributed by atoms with Crippen LogP contribution in [-0.4, -0.2) is 0 Å². The van der Waals surface area contributed by atoms with Crippen molar-refractivity contribution in [1.82, 2.24) is 0 Å². The molecule has 0 rings (SSSR count). The molecule has 0 heterocycles. The summed E-state index contributed by atoms with van der Waals surface area (Å²) in [6.45, 7) is 16.7. The van der Waals surface area contributed by atoms with Crippen molar-refractivity contribution >= 4 is 0 Å². The molecule has 0 saturated heterocycles. The molecule has 0 amide bonds. The summed E-state index contributed by atoms with van der Waals surface area (Å²) in [5.41, 5.74) is 0.524. The van der Waals surface area contributed by atoms with Crippen LogP contribution in [0, 0.1) is 23.2 Å². The summed E-state index contributed by atoms with van der Waals surface area (Å²) < 4.78 is 0. The van der Waals surface area contributed by atoms with Gasteiger partial charge in [0.2, 0.25) is 0 Å². The zero-order valence-corrected chi connectivity index (χ0v) is 12.1. The maximum Gasteiger partial charge on any atom is -0.0329 e. The second-order valence-corrected chi connectivity index (χ2v) is 6.20. The van der Waals surface area contributed by atoms with Crippen molar-refractivity contribution in [1.29, 1.82) is 0 Å². The van der Waals surface area contributed by atoms with E-state index in [-0.39, 0.29) is 0 Å². The van der Waals surface area contributed by atoms with Crippen LogP contribution in [0.2, 0.25) is 0 Å². The molecule has 0 saturated carbocycles. The normalized spacial score (nSPS) is 18.6. The highest BCUT2D eigenvalue weighted by Crippen LogP contribution is 2.36. The van der Waals surface area contributed by atoms with Crippen LogP contribution in [0.5, 0.6) is 0 Å². The Labute approximate surface area is 97.8 Å². The summed E-state index contributed by atoms with van der Waals surface area (Å²) in [7, 11) is 0. The van der Waals surface area contributed by atoms with Gasteiger partial charge in [-0.2, -0.15) is 0 Å². The summed E-state index contributed by atoms with van der Waals surface area (Å²) in [5.74, 6) is 2.62. The molecule has 0 aromatic carbocycles. The van der Waals surface area contributed by atoms with Gasteiger partial charge in [0, 0.05) is 0 Å². The van der Waals surface area contributed by atoms with E-state index < -0.39 is 0 Å². The number of rotatable bonds is 7. The lowest BCUT2D eigenvalue weighted by molar-refractivity contribution is 0.179. The van der Waals surface area contributed by atoms with Gasteiger partial charge in [-0.3, -0.25) is 0 Å². The van der Waals surface area contributed by atoms with Gasteiger partial charge in [0.1, 0.15) is 0 Å². The standard InChI is InChI=1S/C15H32/c1-8-12(3)13(4)10-11-15(6,7)14(5)9-2/h12-14H,8-11H2,1-7H3. The Morgan fingerprint density at radius 3 is 1.80 bits per heavy atom. The van der Waals surface area contributed by atoms with Crippen LogP contribution in [0.15, 0.2) is 0 Å². The summed E-state index contributed by atoms with van der Waals surface area (Å²) in [5, 5.41) is 0. The monoisotopic (exact) mass is 212 g/mol. The first-order valence-corrected chi connectivity index (χ1v) is 6.85. The van der Waals surface area contributed by atoms with E-state index in [0.717, 1.165) is 17.8 Å². The SMILES string of the molecule is CCC(C)C(C)CCC(C)(C)C(C)CC. The molecule has 0 bridgehead atoms. The maximum absolute atomic E-state index is 2.44. The number of hydrogen-bond acceptors (Lipinski definition) is 0. The average molecular weight is 212 g/mol. The van der Waals surface area contributed by atoms with E-state index in [1.807, 2.05) is 0 Å². The first kappa shape index (κ1) is 15.0. The van der Waals surface area contributed by atoms with Crippen LogP contribution in [0.25, 0.3) is 0 Å². The topological polar surface area (TPSA) is 0 Å². The molecule has 0 aliphatic rings. The molecule has 3 atom stereocenters. The fraction of sp³-hybridized carbons (Fsp3) is 1.00. The molecule has 3 unspecified atom stereocenters. The zero-order valence-electron chi connectivity index (χ0n) is 12.1. The molecule has 92 valence electrons. The van der Waals surface area contributed by atoms with Gasteiger partial charge in [-0.25, -0.2) is 0 Å². The van der Waals surface area contributed by atoms with E-state index in [0.29, 0.717) is 5.41 Å². The van der Waals surface area contributed by atoms with Gasteiger partial charge in [-0.1, -0.05) is 61.3 Å². The molecule has 0 radical (unpaired) electrons. The fourth-order valence-corrected chi connectivity index (χ4v) is 2.09. The van der Waals surface area contributed by atoms with Crippen molar-refractivity contribution < 1.29 is 0 Å². The van der Waals surface area contributed by atoms with E-state index >= 15 is 0 Å². The molecule has 0 aliphatic carbocycles. The average Bonchev–Trinajstić information content (AvgIpc) is 2.23. The molecular formula is C15H32. The Kier molecular flexibility index (Phi) is 6.55. The van der Waals surface area contributed by atoms with Gasteiger partial charge >= 0.3 is 0 Å². The van der Waals surface area contributed by atoms with Gasteiger partial charge in [0.25, 0.3) is 0 Å². The van der Waals surface area contributed by atoms with Crippen molar-refractivity contribution in [2.75, 3.05) is 0 Å². The number of hydrogen-bond donors (Lipinski definition) is 0. The Morgan fingerprint density at radius 2 is 1.40 bits per heavy atom. The molecule has 0 fully saturated rings. The third-order valence-corrected chi connectivity index (χ3v) is 4.81. The molecular weight excluding hydrogens is 180 g/mol. The third kappa shape index (κ3) is 5.04. The van der Waals surface area contributed by atoms with Crippen LogP contribution in [0.1, 0.15) is 74.1 Å². The molecule has 0 aromatic heterocycles. The lowest BCUT2D eigenvalue weighted by atomic mass is 9.73. The fourth-order valence-electron chi connectivity index (χ4n) is 2.09. The lowest BCUT2D eigenvalue weighted by Gasteiger charge is -2.33. The zero-order chi connectivity index (χ0) is 12.1. The van der Waals surface area contributed by atoms with Crippen molar-refractivity contribution in [2.24, 2.45) is 23.2 Å². The van der Waals surface area contributed by atoms with Crippen molar-refractivity contribution in [2.45, 2.75) is 74.1 Å². The van der Waals surface area contributed by atoms with Gasteiger partial charge < -0.3 is 0 Å². The third-order valence-electron chi connectivity index (χ3n) is 4.81. The van der Waals surface area contributed by atoms with Crippen LogP contribution < -0.4 is 0 Å². The molecule has 0 spiro atoms. The Morgan fingerprint density at radius 1 is 0.867 bits per heavy atom. The molecule has 0 aliphatic heterocycles. The van der Waals surface area contributed by atoms with Gasteiger partial charge in [0.05, 0.1) is 0 Å². The first-order chi connectivity index (χ1) is 6.85. The van der Waals surface area contributed by atoms with Gasteiger partial charge in [-0.15, -0.1) is 0 Å². The molecule has 0 heteroatoms. The Balaban J connectivity index is 4.03. The van der Waals surface area contributed by atoms with Gasteiger partial charge in [-0.05, 0) is 36.0 Å². The predicted molar refractivity (Wildman–Crippen MR) is 71.1 cm³/mol. The summed E-state index contributed by atoms with van der Waals surface area (Å²) in [6.07, 6.45) is 5.41. The van der Waals surface area contributed by atoms with Gasteiger partial charge in [0.15, 0.2) is 0 Å². The smallest absolute Gasteiger partial charge is 0.0329 e. The van der Waals surface area contributed by atoms with Crippen LogP contribution in [-0.2, 0) is 0 Å². The van der Waals surface area contributed by atoms with E-state index in [1.165, 1.54) is 25.7 Å². The summed E-state index contributed by atoms with van der Waals surface area (Å²) >= 11 is 0. The highest BCUT2D eigenvalue weighted by molar-refractivity contribution is 4.76. The minimum Gasteiger partial charge on any atom is -0.0651 e. The molecule has 0 nitrogen and oxygen atoms in total. The minimum atomic E-state index is 0.524.